The number of carbonyl (C=O) groups excluding carboxylic acids is 1. The standard InChI is InChI=1S/C18H13F2N3O/c19-12-4-6-14(7-5-12)23-10-21-17-15(9-16(24)22-18(17)23)11-2-1-3-13(20)8-11/h1-8,10,15H,9H2,(H,22,24). The van der Waals surface area contributed by atoms with Crippen molar-refractivity contribution in [3.8, 4) is 5.69 Å². The molecule has 1 aliphatic rings. The summed E-state index contributed by atoms with van der Waals surface area (Å²) in [5.41, 5.74) is 2.06. The monoisotopic (exact) mass is 325 g/mol. The van der Waals surface area contributed by atoms with E-state index >= 15 is 0 Å². The molecule has 4 nitrogen and oxygen atoms in total. The van der Waals surface area contributed by atoms with Gasteiger partial charge in [-0.3, -0.25) is 9.36 Å². The number of anilines is 1. The first-order valence-electron chi connectivity index (χ1n) is 7.50. The van der Waals surface area contributed by atoms with Gasteiger partial charge in [0.05, 0.1) is 5.69 Å². The van der Waals surface area contributed by atoms with Gasteiger partial charge in [-0.15, -0.1) is 0 Å². The largest absolute Gasteiger partial charge is 0.310 e. The first kappa shape index (κ1) is 14.6. The molecule has 3 aromatic rings. The van der Waals surface area contributed by atoms with Crippen LogP contribution < -0.4 is 5.32 Å². The molecule has 0 bridgehead atoms. The highest BCUT2D eigenvalue weighted by atomic mass is 19.1. The second-order valence-electron chi connectivity index (χ2n) is 5.68. The number of rotatable bonds is 2. The molecule has 0 saturated carbocycles. The maximum absolute atomic E-state index is 13.5. The molecule has 1 amide bonds. The fourth-order valence-corrected chi connectivity index (χ4v) is 3.00. The molecule has 120 valence electrons. The molecule has 4 rings (SSSR count). The molecule has 0 radical (unpaired) electrons. The topological polar surface area (TPSA) is 46.9 Å². The minimum atomic E-state index is -0.349. The smallest absolute Gasteiger partial charge is 0.226 e. The Kier molecular flexibility index (Phi) is 3.37. The lowest BCUT2D eigenvalue weighted by atomic mass is 9.90. The number of halogens is 2. The zero-order valence-corrected chi connectivity index (χ0v) is 12.5. The second kappa shape index (κ2) is 5.56. The van der Waals surface area contributed by atoms with E-state index in [1.165, 1.54) is 24.3 Å². The van der Waals surface area contributed by atoms with E-state index in [1.807, 2.05) is 0 Å². The predicted octanol–water partition coefficient (Wildman–Crippen LogP) is 3.62. The Bertz CT molecular complexity index is 918. The summed E-state index contributed by atoms with van der Waals surface area (Å²) >= 11 is 0. The molecule has 6 heteroatoms. The normalized spacial score (nSPS) is 16.6. The summed E-state index contributed by atoms with van der Waals surface area (Å²) in [5, 5.41) is 2.81. The average Bonchev–Trinajstić information content (AvgIpc) is 2.98. The molecule has 24 heavy (non-hydrogen) atoms. The van der Waals surface area contributed by atoms with E-state index in [9.17, 15) is 13.6 Å². The Hall–Kier alpha value is -3.02. The third kappa shape index (κ3) is 2.46. The lowest BCUT2D eigenvalue weighted by Crippen LogP contribution is -2.25. The number of fused-ring (bicyclic) bond motifs is 1. The molecule has 1 atom stereocenters. The van der Waals surface area contributed by atoms with Crippen molar-refractivity contribution < 1.29 is 13.6 Å². The van der Waals surface area contributed by atoms with Crippen molar-refractivity contribution in [3.63, 3.8) is 0 Å². The van der Waals surface area contributed by atoms with Crippen LogP contribution in [0.5, 0.6) is 0 Å². The van der Waals surface area contributed by atoms with Crippen LogP contribution in [0.15, 0.2) is 54.9 Å². The third-order valence-corrected chi connectivity index (χ3v) is 4.13. The molecule has 1 N–H and O–H groups in total. The first-order chi connectivity index (χ1) is 11.6. The van der Waals surface area contributed by atoms with Gasteiger partial charge in [0.2, 0.25) is 5.91 Å². The molecule has 1 aliphatic heterocycles. The van der Waals surface area contributed by atoms with Gasteiger partial charge >= 0.3 is 0 Å². The second-order valence-corrected chi connectivity index (χ2v) is 5.68. The van der Waals surface area contributed by atoms with Crippen molar-refractivity contribution in [1.82, 2.24) is 9.55 Å². The van der Waals surface area contributed by atoms with Gasteiger partial charge in [0.1, 0.15) is 23.8 Å². The number of nitrogens with zero attached hydrogens (tertiary/aromatic N) is 2. The van der Waals surface area contributed by atoms with Gasteiger partial charge in [-0.2, -0.15) is 0 Å². The number of nitrogens with one attached hydrogen (secondary N) is 1. The van der Waals surface area contributed by atoms with E-state index in [1.54, 1.807) is 35.2 Å². The summed E-state index contributed by atoms with van der Waals surface area (Å²) in [4.78, 5) is 16.5. The van der Waals surface area contributed by atoms with Gasteiger partial charge in [0.15, 0.2) is 0 Å². The van der Waals surface area contributed by atoms with Crippen molar-refractivity contribution in [2.24, 2.45) is 0 Å². The molecule has 1 unspecified atom stereocenters. The Morgan fingerprint density at radius 3 is 2.62 bits per heavy atom. The van der Waals surface area contributed by atoms with Crippen LogP contribution in [0.2, 0.25) is 0 Å². The zero-order valence-electron chi connectivity index (χ0n) is 12.5. The minimum Gasteiger partial charge on any atom is -0.310 e. The summed E-state index contributed by atoms with van der Waals surface area (Å²) in [6.07, 6.45) is 1.78. The number of aromatic nitrogens is 2. The molecule has 0 spiro atoms. The van der Waals surface area contributed by atoms with Crippen molar-refractivity contribution in [2.75, 3.05) is 5.32 Å². The number of hydrogen-bond donors (Lipinski definition) is 1. The van der Waals surface area contributed by atoms with Crippen LogP contribution in [-0.2, 0) is 4.79 Å². The van der Waals surface area contributed by atoms with Gasteiger partial charge in [-0.05, 0) is 42.0 Å². The van der Waals surface area contributed by atoms with E-state index in [0.717, 1.165) is 0 Å². The van der Waals surface area contributed by atoms with Gasteiger partial charge in [-0.1, -0.05) is 12.1 Å². The van der Waals surface area contributed by atoms with Crippen molar-refractivity contribution in [2.45, 2.75) is 12.3 Å². The summed E-state index contributed by atoms with van der Waals surface area (Å²) < 4.78 is 28.4. The van der Waals surface area contributed by atoms with E-state index in [-0.39, 0.29) is 29.9 Å². The Morgan fingerprint density at radius 1 is 1.08 bits per heavy atom. The number of hydrogen-bond acceptors (Lipinski definition) is 2. The lowest BCUT2D eigenvalue weighted by Gasteiger charge is -2.23. The fourth-order valence-electron chi connectivity index (χ4n) is 3.00. The van der Waals surface area contributed by atoms with E-state index < -0.39 is 0 Å². The van der Waals surface area contributed by atoms with Gasteiger partial charge < -0.3 is 5.32 Å². The molecule has 2 aromatic carbocycles. The van der Waals surface area contributed by atoms with Crippen LogP contribution in [0, 0.1) is 11.6 Å². The van der Waals surface area contributed by atoms with Crippen LogP contribution in [-0.4, -0.2) is 15.5 Å². The van der Waals surface area contributed by atoms with Crippen molar-refractivity contribution in [1.29, 1.82) is 0 Å². The quantitative estimate of drug-likeness (QED) is 0.782. The Labute approximate surface area is 136 Å². The average molecular weight is 325 g/mol. The van der Waals surface area contributed by atoms with Gasteiger partial charge in [0, 0.05) is 18.0 Å². The Balaban J connectivity index is 1.81. The van der Waals surface area contributed by atoms with E-state index in [2.05, 4.69) is 10.3 Å². The van der Waals surface area contributed by atoms with Crippen LogP contribution in [0.1, 0.15) is 23.6 Å². The fraction of sp³-hybridized carbons (Fsp3) is 0.111. The van der Waals surface area contributed by atoms with Crippen LogP contribution in [0.3, 0.4) is 0 Å². The summed E-state index contributed by atoms with van der Waals surface area (Å²) in [5.74, 6) is -0.633. The number of carbonyl (C=O) groups is 1. The molecule has 0 aliphatic carbocycles. The van der Waals surface area contributed by atoms with E-state index in [0.29, 0.717) is 22.8 Å². The number of amides is 1. The van der Waals surface area contributed by atoms with Crippen LogP contribution in [0.4, 0.5) is 14.6 Å². The van der Waals surface area contributed by atoms with Crippen molar-refractivity contribution >= 4 is 11.7 Å². The number of benzene rings is 2. The highest BCUT2D eigenvalue weighted by Crippen LogP contribution is 2.37. The van der Waals surface area contributed by atoms with Gasteiger partial charge in [-0.25, -0.2) is 13.8 Å². The molecule has 2 heterocycles. The summed E-state index contributed by atoms with van der Waals surface area (Å²) in [6, 6.07) is 12.1. The molecular weight excluding hydrogens is 312 g/mol. The first-order valence-corrected chi connectivity index (χ1v) is 7.50. The SMILES string of the molecule is O=C1CC(c2cccc(F)c2)c2ncn(-c3ccc(F)cc3)c2N1. The molecular formula is C18H13F2N3O. The maximum atomic E-state index is 13.5. The molecule has 1 aromatic heterocycles. The molecule has 0 saturated heterocycles. The highest BCUT2D eigenvalue weighted by molar-refractivity contribution is 5.94. The Morgan fingerprint density at radius 2 is 1.88 bits per heavy atom. The van der Waals surface area contributed by atoms with Crippen LogP contribution >= 0.6 is 0 Å². The van der Waals surface area contributed by atoms with E-state index in [4.69, 9.17) is 0 Å². The van der Waals surface area contributed by atoms with Crippen LogP contribution in [0.25, 0.3) is 5.69 Å². The van der Waals surface area contributed by atoms with Crippen molar-refractivity contribution in [3.05, 3.63) is 77.8 Å². The van der Waals surface area contributed by atoms with Gasteiger partial charge in [0.25, 0.3) is 0 Å². The summed E-state index contributed by atoms with van der Waals surface area (Å²) in [7, 11) is 0. The lowest BCUT2D eigenvalue weighted by molar-refractivity contribution is -0.116. The molecule has 0 fully saturated rings. The number of imidazole rings is 1. The third-order valence-electron chi connectivity index (χ3n) is 4.13. The zero-order chi connectivity index (χ0) is 16.7. The maximum Gasteiger partial charge on any atom is 0.226 e. The summed E-state index contributed by atoms with van der Waals surface area (Å²) in [6.45, 7) is 0. The highest BCUT2D eigenvalue weighted by Gasteiger charge is 2.31. The predicted molar refractivity (Wildman–Crippen MR) is 85.0 cm³/mol. The minimum absolute atomic E-state index is 0.166.